The van der Waals surface area contributed by atoms with Crippen molar-refractivity contribution in [3.63, 3.8) is 0 Å². The third-order valence-corrected chi connectivity index (χ3v) is 5.61. The quantitative estimate of drug-likeness (QED) is 0.697. The van der Waals surface area contributed by atoms with Crippen molar-refractivity contribution in [2.75, 3.05) is 0 Å². The van der Waals surface area contributed by atoms with Crippen molar-refractivity contribution in [1.82, 2.24) is 0 Å². The van der Waals surface area contributed by atoms with Gasteiger partial charge in [-0.25, -0.2) is 0 Å². The predicted octanol–water partition coefficient (Wildman–Crippen LogP) is 4.85. The van der Waals surface area contributed by atoms with Gasteiger partial charge < -0.3 is 0 Å². The van der Waals surface area contributed by atoms with E-state index in [0.717, 1.165) is 0 Å². The zero-order valence-electron chi connectivity index (χ0n) is 12.3. The smallest absolute Gasteiger partial charge is 0.0775 e. The van der Waals surface area contributed by atoms with E-state index in [9.17, 15) is 0 Å². The molecule has 0 nitrogen and oxygen atoms in total. The van der Waals surface area contributed by atoms with Crippen molar-refractivity contribution >= 4 is 19.3 Å². The molecule has 0 saturated carbocycles. The second-order valence-electron chi connectivity index (χ2n) is 6.11. The van der Waals surface area contributed by atoms with Gasteiger partial charge in [0.2, 0.25) is 0 Å². The van der Waals surface area contributed by atoms with E-state index in [1.807, 2.05) is 6.08 Å². The van der Waals surface area contributed by atoms with Gasteiger partial charge in [0, 0.05) is 0 Å². The van der Waals surface area contributed by atoms with Crippen LogP contribution in [0.3, 0.4) is 0 Å². The summed E-state index contributed by atoms with van der Waals surface area (Å²) in [7, 11) is -1.20. The van der Waals surface area contributed by atoms with Crippen molar-refractivity contribution in [2.24, 2.45) is 0 Å². The normalized spacial score (nSPS) is 11.4. The van der Waals surface area contributed by atoms with Crippen LogP contribution in [0.15, 0.2) is 49.0 Å². The van der Waals surface area contributed by atoms with Crippen molar-refractivity contribution in [3.05, 3.63) is 60.2 Å². The van der Waals surface area contributed by atoms with Crippen LogP contribution < -0.4 is 5.19 Å². The molecule has 0 aliphatic heterocycles. The highest BCUT2D eigenvalue weighted by molar-refractivity contribution is 6.88. The van der Waals surface area contributed by atoms with E-state index >= 15 is 0 Å². The molecule has 0 atom stereocenters. The van der Waals surface area contributed by atoms with Crippen molar-refractivity contribution in [1.29, 1.82) is 0 Å². The molecule has 1 heteroatoms. The molecule has 2 aromatic rings. The highest BCUT2D eigenvalue weighted by Crippen LogP contribution is 2.24. The molecule has 0 bridgehead atoms. The molecule has 0 saturated heterocycles. The minimum Gasteiger partial charge on any atom is -0.0985 e. The Morgan fingerprint density at radius 1 is 0.947 bits per heavy atom. The SMILES string of the molecule is C=Cc1ccc(-c2ccc([Si](C)(C)C)cc2)c(C)c1. The predicted molar refractivity (Wildman–Crippen MR) is 89.7 cm³/mol. The minimum absolute atomic E-state index is 1.18. The summed E-state index contributed by atoms with van der Waals surface area (Å²) in [5.74, 6) is 0. The van der Waals surface area contributed by atoms with Crippen molar-refractivity contribution < 1.29 is 0 Å². The molecular weight excluding hydrogens is 244 g/mol. The van der Waals surface area contributed by atoms with E-state index < -0.39 is 8.07 Å². The van der Waals surface area contributed by atoms with Crippen LogP contribution in [0.4, 0.5) is 0 Å². The first-order chi connectivity index (χ1) is 8.91. The van der Waals surface area contributed by atoms with Gasteiger partial charge in [-0.05, 0) is 29.2 Å². The summed E-state index contributed by atoms with van der Waals surface area (Å²) >= 11 is 0. The van der Waals surface area contributed by atoms with Crippen LogP contribution in [0.25, 0.3) is 17.2 Å². The summed E-state index contributed by atoms with van der Waals surface area (Å²) in [6, 6.07) is 15.6. The molecular formula is C18H22Si. The van der Waals surface area contributed by atoms with Gasteiger partial charge in [-0.1, -0.05) is 79.9 Å². The Labute approximate surface area is 117 Å². The van der Waals surface area contributed by atoms with Gasteiger partial charge in [-0.15, -0.1) is 0 Å². The second kappa shape index (κ2) is 5.18. The fourth-order valence-electron chi connectivity index (χ4n) is 2.29. The van der Waals surface area contributed by atoms with E-state index in [-0.39, 0.29) is 0 Å². The topological polar surface area (TPSA) is 0 Å². The largest absolute Gasteiger partial charge is 0.0985 e. The third kappa shape index (κ3) is 3.05. The van der Waals surface area contributed by atoms with Crippen LogP contribution in [0.5, 0.6) is 0 Å². The molecule has 19 heavy (non-hydrogen) atoms. The maximum absolute atomic E-state index is 3.82. The first kappa shape index (κ1) is 13.8. The molecule has 0 fully saturated rings. The van der Waals surface area contributed by atoms with E-state index in [1.54, 1.807) is 0 Å². The van der Waals surface area contributed by atoms with Gasteiger partial charge in [0.25, 0.3) is 0 Å². The zero-order valence-corrected chi connectivity index (χ0v) is 13.3. The monoisotopic (exact) mass is 266 g/mol. The van der Waals surface area contributed by atoms with Crippen LogP contribution in [-0.2, 0) is 0 Å². The fourth-order valence-corrected chi connectivity index (χ4v) is 3.45. The molecule has 0 aliphatic carbocycles. The highest BCUT2D eigenvalue weighted by Gasteiger charge is 2.15. The van der Waals surface area contributed by atoms with Crippen LogP contribution in [-0.4, -0.2) is 8.07 Å². The summed E-state index contributed by atoms with van der Waals surface area (Å²) in [6.07, 6.45) is 1.89. The molecule has 0 spiro atoms. The summed E-state index contributed by atoms with van der Waals surface area (Å²) in [4.78, 5) is 0. The number of hydrogen-bond acceptors (Lipinski definition) is 0. The Balaban J connectivity index is 2.40. The molecule has 98 valence electrons. The fraction of sp³-hybridized carbons (Fsp3) is 0.222. The maximum atomic E-state index is 3.82. The van der Waals surface area contributed by atoms with Gasteiger partial charge in [0.15, 0.2) is 0 Å². The Kier molecular flexibility index (Phi) is 3.77. The molecule has 0 aliphatic rings. The van der Waals surface area contributed by atoms with Crippen LogP contribution in [0.2, 0.25) is 19.6 Å². The van der Waals surface area contributed by atoms with Gasteiger partial charge in [-0.3, -0.25) is 0 Å². The Bertz CT molecular complexity index is 586. The number of aryl methyl sites for hydroxylation is 1. The Morgan fingerprint density at radius 2 is 1.58 bits per heavy atom. The van der Waals surface area contributed by atoms with E-state index in [4.69, 9.17) is 0 Å². The molecule has 0 unspecified atom stereocenters. The lowest BCUT2D eigenvalue weighted by Crippen LogP contribution is -2.37. The molecule has 0 N–H and O–H groups in total. The number of benzene rings is 2. The lowest BCUT2D eigenvalue weighted by Gasteiger charge is -2.17. The first-order valence-corrected chi connectivity index (χ1v) is 10.3. The standard InChI is InChI=1S/C18H22Si/c1-6-15-7-12-18(14(2)13-15)16-8-10-17(11-9-16)19(3,4)5/h6-13H,1H2,2-5H3. The van der Waals surface area contributed by atoms with Gasteiger partial charge in [0.1, 0.15) is 0 Å². The average molecular weight is 266 g/mol. The molecule has 2 rings (SSSR count). The van der Waals surface area contributed by atoms with E-state index in [1.165, 1.54) is 27.4 Å². The summed E-state index contributed by atoms with van der Waals surface area (Å²) in [6.45, 7) is 13.1. The summed E-state index contributed by atoms with van der Waals surface area (Å²) < 4.78 is 0. The molecule has 0 amide bonds. The summed E-state index contributed by atoms with van der Waals surface area (Å²) in [5, 5.41) is 1.51. The molecule has 0 heterocycles. The zero-order chi connectivity index (χ0) is 14.0. The average Bonchev–Trinajstić information content (AvgIpc) is 2.37. The highest BCUT2D eigenvalue weighted by atomic mass is 28.3. The van der Waals surface area contributed by atoms with E-state index in [0.29, 0.717) is 0 Å². The van der Waals surface area contributed by atoms with Gasteiger partial charge >= 0.3 is 0 Å². The van der Waals surface area contributed by atoms with Crippen molar-refractivity contribution in [3.8, 4) is 11.1 Å². The van der Waals surface area contributed by atoms with Crippen molar-refractivity contribution in [2.45, 2.75) is 26.6 Å². The van der Waals surface area contributed by atoms with Gasteiger partial charge in [0.05, 0.1) is 8.07 Å². The molecule has 2 aromatic carbocycles. The number of rotatable bonds is 3. The minimum atomic E-state index is -1.20. The van der Waals surface area contributed by atoms with Crippen LogP contribution in [0, 0.1) is 6.92 Å². The first-order valence-electron chi connectivity index (χ1n) is 6.76. The second-order valence-corrected chi connectivity index (χ2v) is 11.2. The van der Waals surface area contributed by atoms with Gasteiger partial charge in [-0.2, -0.15) is 0 Å². The lowest BCUT2D eigenvalue weighted by molar-refractivity contribution is 1.45. The maximum Gasteiger partial charge on any atom is 0.0775 e. The molecule has 0 radical (unpaired) electrons. The number of hydrogen-bond donors (Lipinski definition) is 0. The van der Waals surface area contributed by atoms with E-state index in [2.05, 4.69) is 75.6 Å². The lowest BCUT2D eigenvalue weighted by atomic mass is 9.98. The van der Waals surface area contributed by atoms with Crippen LogP contribution >= 0.6 is 0 Å². The summed E-state index contributed by atoms with van der Waals surface area (Å²) in [5.41, 5.74) is 5.10. The third-order valence-electron chi connectivity index (χ3n) is 3.55. The Morgan fingerprint density at radius 3 is 2.05 bits per heavy atom. The Hall–Kier alpha value is -1.60. The van der Waals surface area contributed by atoms with Crippen LogP contribution in [0.1, 0.15) is 11.1 Å². The molecule has 0 aromatic heterocycles.